The van der Waals surface area contributed by atoms with Crippen molar-refractivity contribution in [2.45, 2.75) is 24.7 Å². The monoisotopic (exact) mass is 265 g/mol. The Balaban J connectivity index is 2.04. The van der Waals surface area contributed by atoms with Crippen LogP contribution in [0.15, 0.2) is 12.7 Å². The van der Waals surface area contributed by atoms with Crippen molar-refractivity contribution >= 4 is 17.0 Å². The van der Waals surface area contributed by atoms with Crippen LogP contribution in [-0.4, -0.2) is 53.7 Å². The Bertz CT molecular complexity index is 601. The van der Waals surface area contributed by atoms with Crippen LogP contribution < -0.4 is 5.73 Å². The fourth-order valence-electron chi connectivity index (χ4n) is 2.67. The second kappa shape index (κ2) is 4.41. The van der Waals surface area contributed by atoms with Crippen LogP contribution in [0.2, 0.25) is 0 Å². The minimum absolute atomic E-state index is 0.168. The molecule has 0 spiro atoms. The van der Waals surface area contributed by atoms with E-state index in [0.717, 1.165) is 0 Å². The van der Waals surface area contributed by atoms with Gasteiger partial charge < -0.3 is 25.6 Å². The topological polar surface area (TPSA) is 130 Å². The predicted molar refractivity (Wildman–Crippen MR) is 66.0 cm³/mol. The Kier molecular flexibility index (Phi) is 2.85. The molecule has 0 radical (unpaired) electrons. The first-order valence-electron chi connectivity index (χ1n) is 6.03. The number of rotatable bonds is 2. The fourth-order valence-corrected chi connectivity index (χ4v) is 2.67. The van der Waals surface area contributed by atoms with Crippen molar-refractivity contribution in [1.29, 1.82) is 0 Å². The fraction of sp³-hybridized carbons (Fsp3) is 0.545. The van der Waals surface area contributed by atoms with Crippen molar-refractivity contribution < 1.29 is 15.3 Å². The summed E-state index contributed by atoms with van der Waals surface area (Å²) in [5.74, 6) is -0.0767. The lowest BCUT2D eigenvalue weighted by Gasteiger charge is -2.18. The number of hydrogen-bond donors (Lipinski definition) is 4. The SMILES string of the molecule is Nc1ncnc2c1ncn2[C@@H]1C[C@H](CO)[C@H](O)[C@@H]1O. The molecule has 19 heavy (non-hydrogen) atoms. The highest BCUT2D eigenvalue weighted by Crippen LogP contribution is 2.36. The third kappa shape index (κ3) is 1.76. The third-order valence-electron chi connectivity index (χ3n) is 3.75. The van der Waals surface area contributed by atoms with Gasteiger partial charge in [0, 0.05) is 12.5 Å². The van der Waals surface area contributed by atoms with Crippen LogP contribution >= 0.6 is 0 Å². The van der Waals surface area contributed by atoms with E-state index in [9.17, 15) is 15.3 Å². The normalized spacial score (nSPS) is 31.1. The van der Waals surface area contributed by atoms with E-state index in [1.807, 2.05) is 0 Å². The minimum atomic E-state index is -0.967. The molecule has 0 unspecified atom stereocenters. The molecule has 4 atom stereocenters. The van der Waals surface area contributed by atoms with Gasteiger partial charge in [-0.3, -0.25) is 0 Å². The summed E-state index contributed by atoms with van der Waals surface area (Å²) >= 11 is 0. The zero-order valence-electron chi connectivity index (χ0n) is 10.1. The largest absolute Gasteiger partial charge is 0.396 e. The molecule has 0 aliphatic heterocycles. The maximum atomic E-state index is 10.1. The molecular weight excluding hydrogens is 250 g/mol. The molecule has 2 heterocycles. The van der Waals surface area contributed by atoms with Crippen molar-refractivity contribution in [2.24, 2.45) is 5.92 Å². The van der Waals surface area contributed by atoms with Gasteiger partial charge in [-0.25, -0.2) is 15.0 Å². The summed E-state index contributed by atoms with van der Waals surface area (Å²) in [5.41, 5.74) is 6.69. The van der Waals surface area contributed by atoms with Crippen molar-refractivity contribution in [3.63, 3.8) is 0 Å². The number of nitrogen functional groups attached to an aromatic ring is 1. The molecule has 102 valence electrons. The quantitative estimate of drug-likeness (QED) is 0.530. The van der Waals surface area contributed by atoms with Gasteiger partial charge in [-0.15, -0.1) is 0 Å². The molecule has 2 aromatic rings. The van der Waals surface area contributed by atoms with E-state index in [-0.39, 0.29) is 24.4 Å². The molecule has 8 nitrogen and oxygen atoms in total. The highest BCUT2D eigenvalue weighted by atomic mass is 16.3. The average molecular weight is 265 g/mol. The van der Waals surface area contributed by atoms with Crippen LogP contribution in [0, 0.1) is 5.92 Å². The number of aromatic nitrogens is 4. The second-order valence-electron chi connectivity index (χ2n) is 4.81. The van der Waals surface area contributed by atoms with Gasteiger partial charge in [0.05, 0.1) is 18.5 Å². The Hall–Kier alpha value is -1.77. The second-order valence-corrected chi connectivity index (χ2v) is 4.81. The number of aliphatic hydroxyl groups excluding tert-OH is 3. The smallest absolute Gasteiger partial charge is 0.165 e. The third-order valence-corrected chi connectivity index (χ3v) is 3.75. The lowest BCUT2D eigenvalue weighted by molar-refractivity contribution is -0.00370. The zero-order valence-corrected chi connectivity index (χ0v) is 10.1. The Morgan fingerprint density at radius 1 is 1.26 bits per heavy atom. The molecule has 2 aromatic heterocycles. The number of nitrogens with two attached hydrogens (primary N) is 1. The van der Waals surface area contributed by atoms with Gasteiger partial charge in [-0.2, -0.15) is 0 Å². The lowest BCUT2D eigenvalue weighted by atomic mass is 10.1. The summed E-state index contributed by atoms with van der Waals surface area (Å²) in [6, 6.07) is -0.383. The number of hydrogen-bond acceptors (Lipinski definition) is 7. The molecule has 1 fully saturated rings. The maximum Gasteiger partial charge on any atom is 0.165 e. The molecule has 0 amide bonds. The van der Waals surface area contributed by atoms with Gasteiger partial charge in [0.1, 0.15) is 17.9 Å². The van der Waals surface area contributed by atoms with E-state index in [4.69, 9.17) is 5.73 Å². The Labute approximate surface area is 108 Å². The average Bonchev–Trinajstić information content (AvgIpc) is 2.94. The van der Waals surface area contributed by atoms with Crippen LogP contribution in [0.1, 0.15) is 12.5 Å². The molecule has 3 rings (SSSR count). The first-order chi connectivity index (χ1) is 9.13. The molecule has 8 heteroatoms. The summed E-state index contributed by atoms with van der Waals surface area (Å²) in [6.45, 7) is -0.168. The van der Waals surface area contributed by atoms with Crippen LogP contribution in [0.4, 0.5) is 5.82 Å². The van der Waals surface area contributed by atoms with Gasteiger partial charge in [0.25, 0.3) is 0 Å². The Morgan fingerprint density at radius 3 is 2.74 bits per heavy atom. The summed E-state index contributed by atoms with van der Waals surface area (Å²) in [7, 11) is 0. The molecular formula is C11H15N5O3. The summed E-state index contributed by atoms with van der Waals surface area (Å²) in [4.78, 5) is 12.1. The van der Waals surface area contributed by atoms with Gasteiger partial charge in [-0.05, 0) is 6.42 Å². The van der Waals surface area contributed by atoms with Crippen LogP contribution in [0.5, 0.6) is 0 Å². The highest BCUT2D eigenvalue weighted by molar-refractivity contribution is 5.81. The molecule has 0 bridgehead atoms. The molecule has 1 aliphatic carbocycles. The standard InChI is InChI=1S/C11H15N5O3/c12-10-7-11(14-3-13-10)16(4-15-7)6-1-5(2-17)8(18)9(6)19/h3-6,8-9,17-19H,1-2H2,(H2,12,13,14)/t5-,6-,8+,9-/m1/s1. The van der Waals surface area contributed by atoms with E-state index >= 15 is 0 Å². The number of anilines is 1. The maximum absolute atomic E-state index is 10.1. The van der Waals surface area contributed by atoms with Crippen LogP contribution in [0.25, 0.3) is 11.2 Å². The van der Waals surface area contributed by atoms with Crippen molar-refractivity contribution in [2.75, 3.05) is 12.3 Å². The first kappa shape index (κ1) is 12.3. The van der Waals surface area contributed by atoms with Gasteiger partial charge in [-0.1, -0.05) is 0 Å². The van der Waals surface area contributed by atoms with E-state index in [0.29, 0.717) is 17.6 Å². The van der Waals surface area contributed by atoms with E-state index in [1.165, 1.54) is 12.7 Å². The first-order valence-corrected chi connectivity index (χ1v) is 6.03. The molecule has 0 aromatic carbocycles. The summed E-state index contributed by atoms with van der Waals surface area (Å²) < 4.78 is 1.68. The van der Waals surface area contributed by atoms with Crippen molar-refractivity contribution in [1.82, 2.24) is 19.5 Å². The molecule has 5 N–H and O–H groups in total. The summed E-state index contributed by atoms with van der Waals surface area (Å²) in [5, 5.41) is 29.1. The Morgan fingerprint density at radius 2 is 2.05 bits per heavy atom. The number of fused-ring (bicyclic) bond motifs is 1. The zero-order chi connectivity index (χ0) is 13.6. The van der Waals surface area contributed by atoms with Crippen LogP contribution in [0.3, 0.4) is 0 Å². The lowest BCUT2D eigenvalue weighted by Crippen LogP contribution is -2.30. The molecule has 1 aliphatic rings. The van der Waals surface area contributed by atoms with Crippen LogP contribution in [-0.2, 0) is 0 Å². The van der Waals surface area contributed by atoms with Crippen molar-refractivity contribution in [3.8, 4) is 0 Å². The number of imidazole rings is 1. The van der Waals surface area contributed by atoms with Crippen molar-refractivity contribution in [3.05, 3.63) is 12.7 Å². The van der Waals surface area contributed by atoms with E-state index in [1.54, 1.807) is 4.57 Å². The predicted octanol–water partition coefficient (Wildman–Crippen LogP) is -1.32. The van der Waals surface area contributed by atoms with Gasteiger partial charge in [0.2, 0.25) is 0 Å². The van der Waals surface area contributed by atoms with E-state index in [2.05, 4.69) is 15.0 Å². The number of aliphatic hydroxyl groups is 3. The highest BCUT2D eigenvalue weighted by Gasteiger charge is 2.42. The van der Waals surface area contributed by atoms with Gasteiger partial charge >= 0.3 is 0 Å². The number of nitrogens with zero attached hydrogens (tertiary/aromatic N) is 4. The molecule has 1 saturated carbocycles. The summed E-state index contributed by atoms with van der Waals surface area (Å²) in [6.07, 6.45) is 1.39. The molecule has 0 saturated heterocycles. The van der Waals surface area contributed by atoms with Gasteiger partial charge in [0.15, 0.2) is 11.5 Å². The minimum Gasteiger partial charge on any atom is -0.396 e. The van der Waals surface area contributed by atoms with E-state index < -0.39 is 12.2 Å².